The van der Waals surface area contributed by atoms with Gasteiger partial charge in [0.15, 0.2) is 5.17 Å². The molecule has 116 valence electrons. The molecule has 1 aromatic carbocycles. The Hall–Kier alpha value is -1.53. The van der Waals surface area contributed by atoms with Crippen LogP contribution in [0.4, 0.5) is 5.69 Å². The Labute approximate surface area is 138 Å². The fourth-order valence-electron chi connectivity index (χ4n) is 2.45. The SMILES string of the molecule is Cc1cc(NC(=O)[C@@H]2CC(=O)N3CCCN=C3S2)ccc1Cl. The summed E-state index contributed by atoms with van der Waals surface area (Å²) in [6, 6.07) is 5.32. The van der Waals surface area contributed by atoms with Crippen LogP contribution in [-0.4, -0.2) is 40.2 Å². The minimum Gasteiger partial charge on any atom is -0.325 e. The van der Waals surface area contributed by atoms with Crippen molar-refractivity contribution in [2.45, 2.75) is 25.0 Å². The molecule has 1 fully saturated rings. The zero-order valence-electron chi connectivity index (χ0n) is 12.1. The molecule has 0 bridgehead atoms. The normalized spacial score (nSPS) is 21.2. The summed E-state index contributed by atoms with van der Waals surface area (Å²) in [5.74, 6) is -0.197. The standard InChI is InChI=1S/C15H16ClN3O2S/c1-9-7-10(3-4-11(9)16)18-14(21)12-8-13(20)19-6-2-5-17-15(19)22-12/h3-4,7,12H,2,5-6,8H2,1H3,(H,18,21)/t12-/m0/s1. The molecule has 5 nitrogen and oxygen atoms in total. The molecule has 1 aromatic rings. The van der Waals surface area contributed by atoms with Crippen LogP contribution in [0.3, 0.4) is 0 Å². The van der Waals surface area contributed by atoms with E-state index in [2.05, 4.69) is 10.3 Å². The van der Waals surface area contributed by atoms with Crippen molar-refractivity contribution in [2.75, 3.05) is 18.4 Å². The van der Waals surface area contributed by atoms with Gasteiger partial charge in [0.25, 0.3) is 0 Å². The molecule has 2 aliphatic rings. The molecular weight excluding hydrogens is 322 g/mol. The van der Waals surface area contributed by atoms with Crippen molar-refractivity contribution in [3.8, 4) is 0 Å². The first kappa shape index (κ1) is 15.4. The Bertz CT molecular complexity index is 662. The van der Waals surface area contributed by atoms with E-state index in [1.165, 1.54) is 11.8 Å². The third kappa shape index (κ3) is 3.13. The van der Waals surface area contributed by atoms with Crippen LogP contribution in [0.2, 0.25) is 5.02 Å². The lowest BCUT2D eigenvalue weighted by Crippen LogP contribution is -2.47. The first-order valence-corrected chi connectivity index (χ1v) is 8.39. The second-order valence-electron chi connectivity index (χ2n) is 5.33. The number of benzene rings is 1. The molecular formula is C15H16ClN3O2S. The van der Waals surface area contributed by atoms with Gasteiger partial charge in [-0.15, -0.1) is 0 Å². The van der Waals surface area contributed by atoms with E-state index in [0.29, 0.717) is 22.4 Å². The Morgan fingerprint density at radius 2 is 2.32 bits per heavy atom. The van der Waals surface area contributed by atoms with Gasteiger partial charge in [0.1, 0.15) is 5.25 Å². The van der Waals surface area contributed by atoms with Crippen molar-refractivity contribution in [2.24, 2.45) is 4.99 Å². The summed E-state index contributed by atoms with van der Waals surface area (Å²) in [6.07, 6.45) is 1.10. The van der Waals surface area contributed by atoms with Gasteiger partial charge >= 0.3 is 0 Å². The number of amidine groups is 1. The predicted molar refractivity (Wildman–Crippen MR) is 89.4 cm³/mol. The topological polar surface area (TPSA) is 61.8 Å². The van der Waals surface area contributed by atoms with E-state index in [9.17, 15) is 9.59 Å². The first-order chi connectivity index (χ1) is 10.5. The Morgan fingerprint density at radius 3 is 3.09 bits per heavy atom. The number of fused-ring (bicyclic) bond motifs is 1. The highest BCUT2D eigenvalue weighted by atomic mass is 35.5. The number of aliphatic imine (C=N–C) groups is 1. The van der Waals surface area contributed by atoms with Crippen molar-refractivity contribution in [1.82, 2.24) is 4.90 Å². The molecule has 3 rings (SSSR count). The number of hydrogen-bond donors (Lipinski definition) is 1. The maximum Gasteiger partial charge on any atom is 0.238 e. The number of anilines is 1. The monoisotopic (exact) mass is 337 g/mol. The van der Waals surface area contributed by atoms with Crippen LogP contribution in [0.5, 0.6) is 0 Å². The summed E-state index contributed by atoms with van der Waals surface area (Å²) < 4.78 is 0. The van der Waals surface area contributed by atoms with Gasteiger partial charge < -0.3 is 5.32 Å². The third-order valence-corrected chi connectivity index (χ3v) is 5.29. The van der Waals surface area contributed by atoms with Crippen molar-refractivity contribution in [1.29, 1.82) is 0 Å². The van der Waals surface area contributed by atoms with Gasteiger partial charge in [-0.05, 0) is 37.1 Å². The van der Waals surface area contributed by atoms with Crippen molar-refractivity contribution in [3.05, 3.63) is 28.8 Å². The lowest BCUT2D eigenvalue weighted by Gasteiger charge is -2.33. The highest BCUT2D eigenvalue weighted by molar-refractivity contribution is 8.15. The quantitative estimate of drug-likeness (QED) is 0.902. The molecule has 2 aliphatic heterocycles. The van der Waals surface area contributed by atoms with Crippen LogP contribution in [-0.2, 0) is 9.59 Å². The molecule has 1 saturated heterocycles. The second kappa shape index (κ2) is 6.30. The smallest absolute Gasteiger partial charge is 0.238 e. The minimum absolute atomic E-state index is 0.0235. The second-order valence-corrected chi connectivity index (χ2v) is 6.90. The van der Waals surface area contributed by atoms with Crippen LogP contribution in [0, 0.1) is 6.92 Å². The first-order valence-electron chi connectivity index (χ1n) is 7.13. The fourth-order valence-corrected chi connectivity index (χ4v) is 3.70. The number of hydrogen-bond acceptors (Lipinski definition) is 4. The van der Waals surface area contributed by atoms with E-state index in [1.54, 1.807) is 17.0 Å². The summed E-state index contributed by atoms with van der Waals surface area (Å²) in [6.45, 7) is 3.30. The number of carbonyl (C=O) groups excluding carboxylic acids is 2. The molecule has 22 heavy (non-hydrogen) atoms. The van der Waals surface area contributed by atoms with Gasteiger partial charge in [-0.3, -0.25) is 19.5 Å². The largest absolute Gasteiger partial charge is 0.325 e. The predicted octanol–water partition coefficient (Wildman–Crippen LogP) is 2.68. The highest BCUT2D eigenvalue weighted by Gasteiger charge is 2.36. The molecule has 0 saturated carbocycles. The van der Waals surface area contributed by atoms with Gasteiger partial charge in [0, 0.05) is 30.2 Å². The molecule has 0 aromatic heterocycles. The van der Waals surface area contributed by atoms with E-state index in [1.807, 2.05) is 13.0 Å². The van der Waals surface area contributed by atoms with E-state index in [0.717, 1.165) is 18.5 Å². The number of aryl methyl sites for hydroxylation is 1. The number of halogens is 1. The van der Waals surface area contributed by atoms with Crippen LogP contribution in [0.1, 0.15) is 18.4 Å². The average Bonchev–Trinajstić information content (AvgIpc) is 2.51. The molecule has 0 spiro atoms. The van der Waals surface area contributed by atoms with Gasteiger partial charge in [-0.25, -0.2) is 0 Å². The molecule has 1 atom stereocenters. The number of amides is 2. The van der Waals surface area contributed by atoms with Gasteiger partial charge in [-0.1, -0.05) is 23.4 Å². The highest BCUT2D eigenvalue weighted by Crippen LogP contribution is 2.29. The number of rotatable bonds is 2. The molecule has 0 unspecified atom stereocenters. The molecule has 0 aliphatic carbocycles. The molecule has 7 heteroatoms. The zero-order chi connectivity index (χ0) is 15.7. The number of nitrogens with one attached hydrogen (secondary N) is 1. The third-order valence-electron chi connectivity index (χ3n) is 3.64. The van der Waals surface area contributed by atoms with Crippen LogP contribution < -0.4 is 5.32 Å². The fraction of sp³-hybridized carbons (Fsp3) is 0.400. The maximum atomic E-state index is 12.4. The lowest BCUT2D eigenvalue weighted by atomic mass is 10.2. The van der Waals surface area contributed by atoms with Gasteiger partial charge in [-0.2, -0.15) is 0 Å². The molecule has 0 radical (unpaired) electrons. The van der Waals surface area contributed by atoms with Crippen LogP contribution in [0.15, 0.2) is 23.2 Å². The van der Waals surface area contributed by atoms with Crippen LogP contribution >= 0.6 is 23.4 Å². The number of carbonyl (C=O) groups is 2. The summed E-state index contributed by atoms with van der Waals surface area (Å²) >= 11 is 7.35. The minimum atomic E-state index is -0.434. The maximum absolute atomic E-state index is 12.4. The molecule has 2 heterocycles. The van der Waals surface area contributed by atoms with E-state index >= 15 is 0 Å². The van der Waals surface area contributed by atoms with Crippen LogP contribution in [0.25, 0.3) is 0 Å². The van der Waals surface area contributed by atoms with Crippen molar-refractivity contribution >= 4 is 46.0 Å². The van der Waals surface area contributed by atoms with Crippen molar-refractivity contribution < 1.29 is 9.59 Å². The number of nitrogens with zero attached hydrogens (tertiary/aromatic N) is 2. The molecule has 2 amide bonds. The zero-order valence-corrected chi connectivity index (χ0v) is 13.7. The number of thioether (sulfide) groups is 1. The van der Waals surface area contributed by atoms with E-state index in [4.69, 9.17) is 11.6 Å². The lowest BCUT2D eigenvalue weighted by molar-refractivity contribution is -0.129. The summed E-state index contributed by atoms with van der Waals surface area (Å²) in [7, 11) is 0. The van der Waals surface area contributed by atoms with E-state index in [-0.39, 0.29) is 18.2 Å². The van der Waals surface area contributed by atoms with Gasteiger partial charge in [0.05, 0.1) is 0 Å². The summed E-state index contributed by atoms with van der Waals surface area (Å²) in [5, 5.41) is 3.75. The average molecular weight is 338 g/mol. The van der Waals surface area contributed by atoms with Crippen molar-refractivity contribution in [3.63, 3.8) is 0 Å². The van der Waals surface area contributed by atoms with Gasteiger partial charge in [0.2, 0.25) is 11.8 Å². The summed E-state index contributed by atoms with van der Waals surface area (Å²) in [5.41, 5.74) is 1.59. The Morgan fingerprint density at radius 1 is 1.50 bits per heavy atom. The van der Waals surface area contributed by atoms with E-state index < -0.39 is 5.25 Å². The summed E-state index contributed by atoms with van der Waals surface area (Å²) in [4.78, 5) is 30.6. The Balaban J connectivity index is 1.71. The Kier molecular flexibility index (Phi) is 4.40. The molecule has 1 N–H and O–H groups in total.